The lowest BCUT2D eigenvalue weighted by molar-refractivity contribution is 0.0581. The average molecular weight is 237 g/mol. The van der Waals surface area contributed by atoms with Crippen molar-refractivity contribution in [3.8, 4) is 0 Å². The molecule has 0 saturated carbocycles. The lowest BCUT2D eigenvalue weighted by Gasteiger charge is -2.26. The highest BCUT2D eigenvalue weighted by Crippen LogP contribution is 2.10. The van der Waals surface area contributed by atoms with Gasteiger partial charge in [0.15, 0.2) is 0 Å². The number of carbonyl (C=O) groups is 1. The Balaban J connectivity index is 2.17. The van der Waals surface area contributed by atoms with Gasteiger partial charge in [-0.25, -0.2) is 0 Å². The number of carbonyl (C=O) groups excluding carboxylic acids is 1. The van der Waals surface area contributed by atoms with Crippen LogP contribution in [0.5, 0.6) is 0 Å². The molecule has 1 aromatic heterocycles. The SMILES string of the molecule is CN(C(=O)c1cc[nH]c(=O)c1)[C@@H]1CNC[C@H]1O. The quantitative estimate of drug-likeness (QED) is 0.602. The molecule has 0 spiro atoms. The molecule has 1 aromatic rings. The Bertz CT molecular complexity index is 471. The van der Waals surface area contributed by atoms with Crippen molar-refractivity contribution in [3.05, 3.63) is 34.2 Å². The summed E-state index contributed by atoms with van der Waals surface area (Å²) in [6, 6.07) is 2.56. The molecule has 0 aliphatic carbocycles. The van der Waals surface area contributed by atoms with Crippen molar-refractivity contribution in [3.63, 3.8) is 0 Å². The zero-order chi connectivity index (χ0) is 12.4. The van der Waals surface area contributed by atoms with Crippen LogP contribution in [0.1, 0.15) is 10.4 Å². The second-order valence-electron chi connectivity index (χ2n) is 4.15. The topological polar surface area (TPSA) is 85.4 Å². The van der Waals surface area contributed by atoms with Crippen LogP contribution in [0.25, 0.3) is 0 Å². The number of H-pyrrole nitrogens is 1. The molecule has 1 amide bonds. The number of β-amino-alcohol motifs (C(OH)–C–C–N with tert-alkyl or cyclic N) is 1. The number of aromatic nitrogens is 1. The zero-order valence-corrected chi connectivity index (χ0v) is 9.51. The van der Waals surface area contributed by atoms with E-state index in [2.05, 4.69) is 10.3 Å². The van der Waals surface area contributed by atoms with Crippen LogP contribution >= 0.6 is 0 Å². The molecular formula is C11H15N3O3. The Morgan fingerprint density at radius 3 is 2.88 bits per heavy atom. The highest BCUT2D eigenvalue weighted by Gasteiger charge is 2.31. The normalized spacial score (nSPS) is 23.6. The van der Waals surface area contributed by atoms with Crippen LogP contribution in [-0.4, -0.2) is 53.2 Å². The van der Waals surface area contributed by atoms with Gasteiger partial charge < -0.3 is 20.3 Å². The summed E-state index contributed by atoms with van der Waals surface area (Å²) in [5.41, 5.74) is 0.0182. The van der Waals surface area contributed by atoms with E-state index in [1.54, 1.807) is 13.1 Å². The maximum absolute atomic E-state index is 12.1. The second-order valence-corrected chi connectivity index (χ2v) is 4.15. The molecule has 0 aromatic carbocycles. The van der Waals surface area contributed by atoms with Crippen molar-refractivity contribution in [1.82, 2.24) is 15.2 Å². The number of hydrogen-bond donors (Lipinski definition) is 3. The van der Waals surface area contributed by atoms with Crippen LogP contribution in [0, 0.1) is 0 Å². The fraction of sp³-hybridized carbons (Fsp3) is 0.455. The van der Waals surface area contributed by atoms with Crippen LogP contribution < -0.4 is 10.9 Å². The molecule has 3 N–H and O–H groups in total. The molecule has 6 heteroatoms. The van der Waals surface area contributed by atoms with Gasteiger partial charge in [-0.2, -0.15) is 0 Å². The first-order valence-electron chi connectivity index (χ1n) is 5.44. The van der Waals surface area contributed by atoms with Crippen LogP contribution in [0.3, 0.4) is 0 Å². The average Bonchev–Trinajstić information content (AvgIpc) is 2.73. The van der Waals surface area contributed by atoms with Gasteiger partial charge in [0.05, 0.1) is 12.1 Å². The van der Waals surface area contributed by atoms with Gasteiger partial charge in [-0.1, -0.05) is 0 Å². The van der Waals surface area contributed by atoms with Gasteiger partial charge in [0.25, 0.3) is 5.91 Å². The minimum absolute atomic E-state index is 0.248. The van der Waals surface area contributed by atoms with Crippen molar-refractivity contribution in [2.75, 3.05) is 20.1 Å². The summed E-state index contributed by atoms with van der Waals surface area (Å²) >= 11 is 0. The van der Waals surface area contributed by atoms with E-state index in [9.17, 15) is 14.7 Å². The van der Waals surface area contributed by atoms with Crippen LogP contribution in [0.4, 0.5) is 0 Å². The third kappa shape index (κ3) is 2.37. The Morgan fingerprint density at radius 1 is 1.53 bits per heavy atom. The van der Waals surface area contributed by atoms with Gasteiger partial charge in [-0.15, -0.1) is 0 Å². The van der Waals surface area contributed by atoms with E-state index < -0.39 is 6.10 Å². The summed E-state index contributed by atoms with van der Waals surface area (Å²) in [6.45, 7) is 1.05. The molecule has 2 atom stereocenters. The lowest BCUT2D eigenvalue weighted by Crippen LogP contribution is -2.44. The van der Waals surface area contributed by atoms with E-state index in [4.69, 9.17) is 0 Å². The van der Waals surface area contributed by atoms with E-state index in [1.807, 2.05) is 0 Å². The summed E-state index contributed by atoms with van der Waals surface area (Å²) in [5, 5.41) is 12.7. The first kappa shape index (κ1) is 11.8. The van der Waals surface area contributed by atoms with Crippen LogP contribution in [0.2, 0.25) is 0 Å². The fourth-order valence-electron chi connectivity index (χ4n) is 1.98. The summed E-state index contributed by atoms with van der Waals surface area (Å²) < 4.78 is 0. The Hall–Kier alpha value is -1.66. The maximum Gasteiger partial charge on any atom is 0.254 e. The lowest BCUT2D eigenvalue weighted by atomic mass is 10.1. The van der Waals surface area contributed by atoms with Gasteiger partial charge in [0, 0.05) is 38.0 Å². The summed E-state index contributed by atoms with van der Waals surface area (Å²) in [6.07, 6.45) is 0.873. The predicted octanol–water partition coefficient (Wildman–Crippen LogP) is -1.22. The third-order valence-electron chi connectivity index (χ3n) is 2.99. The van der Waals surface area contributed by atoms with Crippen molar-refractivity contribution < 1.29 is 9.90 Å². The third-order valence-corrected chi connectivity index (χ3v) is 2.99. The second kappa shape index (κ2) is 4.68. The van der Waals surface area contributed by atoms with E-state index in [-0.39, 0.29) is 17.5 Å². The standard InChI is InChI=1S/C11H15N3O3/c1-14(8-5-12-6-9(8)15)11(17)7-2-3-13-10(16)4-7/h2-4,8-9,12,15H,5-6H2,1H3,(H,13,16)/t8-,9-/m1/s1. The van der Waals surface area contributed by atoms with Crippen LogP contribution in [-0.2, 0) is 0 Å². The van der Waals surface area contributed by atoms with E-state index in [0.717, 1.165) is 0 Å². The minimum Gasteiger partial charge on any atom is -0.390 e. The van der Waals surface area contributed by atoms with E-state index in [0.29, 0.717) is 18.7 Å². The molecule has 0 unspecified atom stereocenters. The number of aliphatic hydroxyl groups is 1. The van der Waals surface area contributed by atoms with E-state index in [1.165, 1.54) is 17.2 Å². The number of nitrogens with zero attached hydrogens (tertiary/aromatic N) is 1. The van der Waals surface area contributed by atoms with Crippen molar-refractivity contribution >= 4 is 5.91 Å². The number of aliphatic hydroxyl groups excluding tert-OH is 1. The molecule has 6 nitrogen and oxygen atoms in total. The molecule has 1 saturated heterocycles. The maximum atomic E-state index is 12.1. The number of nitrogens with one attached hydrogen (secondary N) is 2. The molecule has 17 heavy (non-hydrogen) atoms. The van der Waals surface area contributed by atoms with Crippen molar-refractivity contribution in [2.24, 2.45) is 0 Å². The van der Waals surface area contributed by atoms with Gasteiger partial charge in [-0.05, 0) is 6.07 Å². The molecule has 1 aliphatic rings. The molecule has 1 aliphatic heterocycles. The molecule has 0 bridgehead atoms. The Morgan fingerprint density at radius 2 is 2.29 bits per heavy atom. The van der Waals surface area contributed by atoms with Gasteiger partial charge in [-0.3, -0.25) is 9.59 Å². The Labute approximate surface area is 98.3 Å². The summed E-state index contributed by atoms with van der Waals surface area (Å²) in [7, 11) is 1.63. The van der Waals surface area contributed by atoms with Gasteiger partial charge in [0.1, 0.15) is 0 Å². The minimum atomic E-state index is -0.564. The van der Waals surface area contributed by atoms with Crippen LogP contribution in [0.15, 0.2) is 23.1 Å². The van der Waals surface area contributed by atoms with Crippen molar-refractivity contribution in [1.29, 1.82) is 0 Å². The highest BCUT2D eigenvalue weighted by atomic mass is 16.3. The smallest absolute Gasteiger partial charge is 0.254 e. The number of hydrogen-bond acceptors (Lipinski definition) is 4. The van der Waals surface area contributed by atoms with Gasteiger partial charge in [0.2, 0.25) is 5.56 Å². The number of amides is 1. The largest absolute Gasteiger partial charge is 0.390 e. The molecule has 0 radical (unpaired) electrons. The first-order valence-corrected chi connectivity index (χ1v) is 5.44. The number of rotatable bonds is 2. The van der Waals surface area contributed by atoms with E-state index >= 15 is 0 Å². The van der Waals surface area contributed by atoms with Gasteiger partial charge >= 0.3 is 0 Å². The zero-order valence-electron chi connectivity index (χ0n) is 9.51. The number of likely N-dealkylation sites (N-methyl/N-ethyl adjacent to an activating group) is 1. The fourth-order valence-corrected chi connectivity index (χ4v) is 1.98. The molecule has 2 rings (SSSR count). The highest BCUT2D eigenvalue weighted by molar-refractivity contribution is 5.94. The first-order chi connectivity index (χ1) is 8.09. The number of aromatic amines is 1. The molecule has 2 heterocycles. The monoisotopic (exact) mass is 237 g/mol. The molecular weight excluding hydrogens is 222 g/mol. The Kier molecular flexibility index (Phi) is 3.26. The van der Waals surface area contributed by atoms with Crippen molar-refractivity contribution in [2.45, 2.75) is 12.1 Å². The summed E-state index contributed by atoms with van der Waals surface area (Å²) in [4.78, 5) is 27.1. The summed E-state index contributed by atoms with van der Waals surface area (Å²) in [5.74, 6) is -0.260. The molecule has 92 valence electrons. The number of pyridine rings is 1. The predicted molar refractivity (Wildman–Crippen MR) is 61.8 cm³/mol. The molecule has 1 fully saturated rings.